The van der Waals surface area contributed by atoms with Gasteiger partial charge in [-0.3, -0.25) is 9.69 Å². The molecule has 2 rings (SSSR count). The second kappa shape index (κ2) is 6.44. The van der Waals surface area contributed by atoms with E-state index in [-0.39, 0.29) is 11.5 Å². The molecule has 104 valence electrons. The van der Waals surface area contributed by atoms with Crippen LogP contribution in [0.3, 0.4) is 0 Å². The first-order valence-corrected chi connectivity index (χ1v) is 7.81. The van der Waals surface area contributed by atoms with Crippen LogP contribution in [0.1, 0.15) is 36.2 Å². The number of nitrogens with zero attached hydrogens (tertiary/aromatic N) is 1. The van der Waals surface area contributed by atoms with Crippen LogP contribution in [0.15, 0.2) is 18.2 Å². The Balaban J connectivity index is 2.09. The molecule has 0 radical (unpaired) electrons. The number of benzene rings is 1. The Morgan fingerprint density at radius 1 is 1.53 bits per heavy atom. The Kier molecular flexibility index (Phi) is 4.88. The molecular weight excluding hydrogens is 258 g/mol. The standard InChI is InChI=1S/C15H21NO2S/c1-3-14-10-16(6-7-19-14)9-13-8-12(11(2)17)4-5-15(13)18/h4-5,8,14,18H,3,6-7,9-10H2,1-2H3. The number of rotatable bonds is 4. The molecule has 0 bridgehead atoms. The molecule has 0 spiro atoms. The lowest BCUT2D eigenvalue weighted by Gasteiger charge is -2.32. The van der Waals surface area contributed by atoms with Gasteiger partial charge in [-0.25, -0.2) is 0 Å². The van der Waals surface area contributed by atoms with Crippen LogP contribution in [0.5, 0.6) is 5.75 Å². The van der Waals surface area contributed by atoms with Crippen LogP contribution in [-0.2, 0) is 6.54 Å². The van der Waals surface area contributed by atoms with Crippen molar-refractivity contribution in [2.24, 2.45) is 0 Å². The number of Topliss-reactive ketones (excluding diaryl/α,β-unsaturated/α-hetero) is 1. The minimum Gasteiger partial charge on any atom is -0.508 e. The van der Waals surface area contributed by atoms with Gasteiger partial charge in [0.15, 0.2) is 5.78 Å². The Bertz CT molecular complexity index is 461. The lowest BCUT2D eigenvalue weighted by atomic mass is 10.1. The molecular formula is C15H21NO2S. The van der Waals surface area contributed by atoms with Crippen LogP contribution in [0.4, 0.5) is 0 Å². The average molecular weight is 279 g/mol. The maximum atomic E-state index is 11.4. The number of phenolic OH excluding ortho intramolecular Hbond substituents is 1. The number of phenols is 1. The van der Waals surface area contributed by atoms with Gasteiger partial charge in [-0.15, -0.1) is 0 Å². The maximum Gasteiger partial charge on any atom is 0.159 e. The Labute approximate surface area is 119 Å². The SMILES string of the molecule is CCC1CN(Cc2cc(C(C)=O)ccc2O)CCS1. The molecule has 1 saturated heterocycles. The topological polar surface area (TPSA) is 40.5 Å². The van der Waals surface area contributed by atoms with Crippen molar-refractivity contribution in [3.8, 4) is 5.75 Å². The van der Waals surface area contributed by atoms with Gasteiger partial charge >= 0.3 is 0 Å². The summed E-state index contributed by atoms with van der Waals surface area (Å²) in [5.74, 6) is 1.48. The lowest BCUT2D eigenvalue weighted by molar-refractivity contribution is 0.101. The van der Waals surface area contributed by atoms with E-state index in [1.807, 2.05) is 17.8 Å². The van der Waals surface area contributed by atoms with E-state index in [0.29, 0.717) is 10.8 Å². The van der Waals surface area contributed by atoms with Crippen LogP contribution in [-0.4, -0.2) is 39.9 Å². The number of hydrogen-bond donors (Lipinski definition) is 1. The zero-order valence-electron chi connectivity index (χ0n) is 11.6. The summed E-state index contributed by atoms with van der Waals surface area (Å²) in [5.41, 5.74) is 1.53. The van der Waals surface area contributed by atoms with Gasteiger partial charge in [0.05, 0.1) is 0 Å². The zero-order valence-corrected chi connectivity index (χ0v) is 12.4. The number of aromatic hydroxyl groups is 1. The fraction of sp³-hybridized carbons (Fsp3) is 0.533. The van der Waals surface area contributed by atoms with E-state index in [0.717, 1.165) is 31.0 Å². The predicted octanol–water partition coefficient (Wildman–Crippen LogP) is 2.92. The lowest BCUT2D eigenvalue weighted by Crippen LogP contribution is -2.37. The van der Waals surface area contributed by atoms with Crippen molar-refractivity contribution < 1.29 is 9.90 Å². The van der Waals surface area contributed by atoms with Crippen molar-refractivity contribution in [2.45, 2.75) is 32.1 Å². The van der Waals surface area contributed by atoms with Gasteiger partial charge in [0.1, 0.15) is 5.75 Å². The summed E-state index contributed by atoms with van der Waals surface area (Å²) in [6.45, 7) is 6.61. The summed E-state index contributed by atoms with van der Waals surface area (Å²) in [4.78, 5) is 13.8. The molecule has 4 heteroatoms. The molecule has 0 amide bonds. The predicted molar refractivity (Wildman–Crippen MR) is 79.9 cm³/mol. The van der Waals surface area contributed by atoms with E-state index in [9.17, 15) is 9.90 Å². The van der Waals surface area contributed by atoms with E-state index < -0.39 is 0 Å². The number of carbonyl (C=O) groups is 1. The highest BCUT2D eigenvalue weighted by Crippen LogP contribution is 2.25. The molecule has 1 N–H and O–H groups in total. The maximum absolute atomic E-state index is 11.4. The molecule has 1 aromatic rings. The van der Waals surface area contributed by atoms with Gasteiger partial charge in [0, 0.05) is 41.8 Å². The van der Waals surface area contributed by atoms with Crippen molar-refractivity contribution in [3.05, 3.63) is 29.3 Å². The largest absolute Gasteiger partial charge is 0.508 e. The fourth-order valence-electron chi connectivity index (χ4n) is 2.34. The first-order valence-electron chi connectivity index (χ1n) is 6.77. The first-order chi connectivity index (χ1) is 9.10. The van der Waals surface area contributed by atoms with Crippen molar-refractivity contribution in [3.63, 3.8) is 0 Å². The molecule has 3 nitrogen and oxygen atoms in total. The Morgan fingerprint density at radius 3 is 3.00 bits per heavy atom. The van der Waals surface area contributed by atoms with E-state index in [1.165, 1.54) is 6.42 Å². The van der Waals surface area contributed by atoms with Crippen LogP contribution in [0.25, 0.3) is 0 Å². The monoisotopic (exact) mass is 279 g/mol. The van der Waals surface area contributed by atoms with Gasteiger partial charge < -0.3 is 5.11 Å². The van der Waals surface area contributed by atoms with Gasteiger partial charge in [0.25, 0.3) is 0 Å². The fourth-order valence-corrected chi connectivity index (χ4v) is 3.59. The molecule has 1 heterocycles. The number of thioether (sulfide) groups is 1. The summed E-state index contributed by atoms with van der Waals surface area (Å²) in [6, 6.07) is 5.13. The van der Waals surface area contributed by atoms with Gasteiger partial charge in [0.2, 0.25) is 0 Å². The zero-order chi connectivity index (χ0) is 13.8. The Hall–Kier alpha value is -1.000. The molecule has 19 heavy (non-hydrogen) atoms. The molecule has 0 saturated carbocycles. The highest BCUT2D eigenvalue weighted by atomic mass is 32.2. The summed E-state index contributed by atoms with van der Waals surface area (Å²) >= 11 is 2.03. The van der Waals surface area contributed by atoms with E-state index in [2.05, 4.69) is 11.8 Å². The second-order valence-corrected chi connectivity index (χ2v) is 6.44. The number of ketones is 1. The van der Waals surface area contributed by atoms with E-state index >= 15 is 0 Å². The third-order valence-corrected chi connectivity index (χ3v) is 4.93. The third-order valence-electron chi connectivity index (χ3n) is 3.56. The third kappa shape index (κ3) is 3.74. The van der Waals surface area contributed by atoms with Gasteiger partial charge in [-0.2, -0.15) is 11.8 Å². The summed E-state index contributed by atoms with van der Waals surface area (Å²) < 4.78 is 0. The molecule has 1 atom stereocenters. The molecule has 1 aromatic carbocycles. The van der Waals surface area contributed by atoms with Gasteiger partial charge in [-0.05, 0) is 31.5 Å². The van der Waals surface area contributed by atoms with Crippen molar-refractivity contribution in [2.75, 3.05) is 18.8 Å². The molecule has 1 unspecified atom stereocenters. The number of hydrogen-bond acceptors (Lipinski definition) is 4. The Morgan fingerprint density at radius 2 is 2.32 bits per heavy atom. The van der Waals surface area contributed by atoms with Crippen LogP contribution < -0.4 is 0 Å². The van der Waals surface area contributed by atoms with Gasteiger partial charge in [-0.1, -0.05) is 6.92 Å². The molecule has 1 aliphatic rings. The summed E-state index contributed by atoms with van der Waals surface area (Å²) in [5, 5.41) is 10.6. The summed E-state index contributed by atoms with van der Waals surface area (Å²) in [6.07, 6.45) is 1.18. The second-order valence-electron chi connectivity index (χ2n) is 5.04. The molecule has 1 aliphatic heterocycles. The molecule has 0 aromatic heterocycles. The quantitative estimate of drug-likeness (QED) is 0.860. The number of carbonyl (C=O) groups excluding carboxylic acids is 1. The van der Waals surface area contributed by atoms with Crippen LogP contribution in [0.2, 0.25) is 0 Å². The highest BCUT2D eigenvalue weighted by molar-refractivity contribution is 8.00. The van der Waals surface area contributed by atoms with Crippen LogP contribution >= 0.6 is 11.8 Å². The molecule has 0 aliphatic carbocycles. The highest BCUT2D eigenvalue weighted by Gasteiger charge is 2.20. The average Bonchev–Trinajstić information content (AvgIpc) is 2.41. The molecule has 1 fully saturated rings. The van der Waals surface area contributed by atoms with Crippen molar-refractivity contribution in [1.82, 2.24) is 4.90 Å². The minimum atomic E-state index is 0.0434. The minimum absolute atomic E-state index is 0.0434. The first kappa shape index (κ1) is 14.4. The smallest absolute Gasteiger partial charge is 0.159 e. The van der Waals surface area contributed by atoms with E-state index in [4.69, 9.17) is 0 Å². The normalized spacial score (nSPS) is 20.4. The summed E-state index contributed by atoms with van der Waals surface area (Å²) in [7, 11) is 0. The van der Waals surface area contributed by atoms with Crippen molar-refractivity contribution >= 4 is 17.5 Å². The van der Waals surface area contributed by atoms with E-state index in [1.54, 1.807) is 19.1 Å². The van der Waals surface area contributed by atoms with Crippen LogP contribution in [0, 0.1) is 0 Å². The van der Waals surface area contributed by atoms with Crippen molar-refractivity contribution in [1.29, 1.82) is 0 Å².